The SMILES string of the molecule is CC1=N[C@]2(CC[C@H]3CN(Cc4ccc(F)cc4)C[C@H]32)C(=O)N1C. The van der Waals surface area contributed by atoms with Gasteiger partial charge in [-0.2, -0.15) is 0 Å². The van der Waals surface area contributed by atoms with Crippen LogP contribution in [0.5, 0.6) is 0 Å². The van der Waals surface area contributed by atoms with Crippen LogP contribution in [0, 0.1) is 17.7 Å². The van der Waals surface area contributed by atoms with Crippen LogP contribution in [0.1, 0.15) is 25.3 Å². The zero-order valence-electron chi connectivity index (χ0n) is 13.6. The number of nitrogens with zero attached hydrogens (tertiary/aromatic N) is 3. The second-order valence-corrected chi connectivity index (χ2v) is 7.17. The Morgan fingerprint density at radius 2 is 2.04 bits per heavy atom. The van der Waals surface area contributed by atoms with E-state index < -0.39 is 5.54 Å². The number of carbonyl (C=O) groups is 1. The van der Waals surface area contributed by atoms with E-state index in [2.05, 4.69) is 4.90 Å². The molecule has 0 aromatic heterocycles. The normalized spacial score (nSPS) is 33.6. The molecule has 3 aliphatic rings. The molecule has 2 aliphatic heterocycles. The highest BCUT2D eigenvalue weighted by molar-refractivity contribution is 6.07. The van der Waals surface area contributed by atoms with Crippen molar-refractivity contribution in [3.05, 3.63) is 35.6 Å². The van der Waals surface area contributed by atoms with E-state index in [1.165, 1.54) is 12.1 Å². The van der Waals surface area contributed by atoms with E-state index in [9.17, 15) is 9.18 Å². The number of hydrogen-bond acceptors (Lipinski definition) is 3. The summed E-state index contributed by atoms with van der Waals surface area (Å²) in [5.41, 5.74) is 0.607. The molecule has 0 N–H and O–H groups in total. The number of amidine groups is 1. The number of carbonyl (C=O) groups excluding carboxylic acids is 1. The Kier molecular flexibility index (Phi) is 3.30. The second-order valence-electron chi connectivity index (χ2n) is 7.17. The molecule has 1 spiro atoms. The molecule has 1 aliphatic carbocycles. The number of likely N-dealkylation sites (tertiary alicyclic amines) is 1. The first-order chi connectivity index (χ1) is 11.0. The lowest BCUT2D eigenvalue weighted by atomic mass is 9.85. The smallest absolute Gasteiger partial charge is 0.255 e. The molecular formula is C18H22FN3O. The lowest BCUT2D eigenvalue weighted by Gasteiger charge is -2.27. The minimum atomic E-state index is -0.513. The number of aliphatic imine (C=N–C) groups is 1. The largest absolute Gasteiger partial charge is 0.302 e. The number of rotatable bonds is 2. The van der Waals surface area contributed by atoms with Crippen molar-refractivity contribution < 1.29 is 9.18 Å². The molecule has 0 bridgehead atoms. The van der Waals surface area contributed by atoms with Crippen LogP contribution < -0.4 is 0 Å². The van der Waals surface area contributed by atoms with Gasteiger partial charge in [0.2, 0.25) is 0 Å². The molecular weight excluding hydrogens is 293 g/mol. The number of likely N-dealkylation sites (N-methyl/N-ethyl adjacent to an activating group) is 1. The van der Waals surface area contributed by atoms with Crippen LogP contribution in [0.25, 0.3) is 0 Å². The summed E-state index contributed by atoms with van der Waals surface area (Å²) < 4.78 is 13.0. The van der Waals surface area contributed by atoms with Gasteiger partial charge >= 0.3 is 0 Å². The molecule has 1 amide bonds. The van der Waals surface area contributed by atoms with Gasteiger partial charge in [-0.3, -0.25) is 14.7 Å². The Morgan fingerprint density at radius 1 is 1.30 bits per heavy atom. The Bertz CT molecular complexity index is 671. The molecule has 4 nitrogen and oxygen atoms in total. The highest BCUT2D eigenvalue weighted by atomic mass is 19.1. The van der Waals surface area contributed by atoms with E-state index in [1.54, 1.807) is 4.90 Å². The fourth-order valence-electron chi connectivity index (χ4n) is 4.62. The lowest BCUT2D eigenvalue weighted by molar-refractivity contribution is -0.131. The Hall–Kier alpha value is -1.75. The highest BCUT2D eigenvalue weighted by Crippen LogP contribution is 2.50. The fraction of sp³-hybridized carbons (Fsp3) is 0.556. The van der Waals surface area contributed by atoms with Crippen LogP contribution in [0.4, 0.5) is 4.39 Å². The fourth-order valence-corrected chi connectivity index (χ4v) is 4.62. The molecule has 2 heterocycles. The third-order valence-corrected chi connectivity index (χ3v) is 5.87. The Labute approximate surface area is 136 Å². The van der Waals surface area contributed by atoms with Gasteiger partial charge in [0.25, 0.3) is 5.91 Å². The summed E-state index contributed by atoms with van der Waals surface area (Å²) in [4.78, 5) is 21.6. The first-order valence-corrected chi connectivity index (χ1v) is 8.31. The van der Waals surface area contributed by atoms with Crippen molar-refractivity contribution >= 4 is 11.7 Å². The molecule has 1 saturated heterocycles. The van der Waals surface area contributed by atoms with Crippen molar-refractivity contribution in [3.8, 4) is 0 Å². The molecule has 1 aromatic rings. The maximum Gasteiger partial charge on any atom is 0.255 e. The summed E-state index contributed by atoms with van der Waals surface area (Å²) in [6, 6.07) is 6.71. The molecule has 5 heteroatoms. The number of fused-ring (bicyclic) bond motifs is 2. The van der Waals surface area contributed by atoms with Crippen LogP contribution in [0.2, 0.25) is 0 Å². The zero-order chi connectivity index (χ0) is 16.2. The Balaban J connectivity index is 1.52. The van der Waals surface area contributed by atoms with Crippen molar-refractivity contribution in [3.63, 3.8) is 0 Å². The molecule has 2 fully saturated rings. The minimum Gasteiger partial charge on any atom is -0.302 e. The second kappa shape index (κ2) is 5.13. The molecule has 1 saturated carbocycles. The molecule has 0 unspecified atom stereocenters. The van der Waals surface area contributed by atoms with Crippen molar-refractivity contribution in [1.29, 1.82) is 0 Å². The van der Waals surface area contributed by atoms with E-state index in [1.807, 2.05) is 26.1 Å². The summed E-state index contributed by atoms with van der Waals surface area (Å²) in [6.07, 6.45) is 1.95. The topological polar surface area (TPSA) is 35.9 Å². The van der Waals surface area contributed by atoms with Gasteiger partial charge in [0.05, 0.1) is 0 Å². The first kappa shape index (κ1) is 14.8. The maximum absolute atomic E-state index is 13.0. The summed E-state index contributed by atoms with van der Waals surface area (Å²) in [7, 11) is 1.83. The van der Waals surface area contributed by atoms with Crippen molar-refractivity contribution in [1.82, 2.24) is 9.80 Å². The van der Waals surface area contributed by atoms with Crippen molar-refractivity contribution in [2.75, 3.05) is 20.1 Å². The zero-order valence-corrected chi connectivity index (χ0v) is 13.6. The van der Waals surface area contributed by atoms with Gasteiger partial charge in [-0.15, -0.1) is 0 Å². The number of benzene rings is 1. The van der Waals surface area contributed by atoms with E-state index in [4.69, 9.17) is 4.99 Å². The van der Waals surface area contributed by atoms with E-state index in [-0.39, 0.29) is 11.7 Å². The van der Waals surface area contributed by atoms with Crippen LogP contribution >= 0.6 is 0 Å². The van der Waals surface area contributed by atoms with Gasteiger partial charge in [-0.05, 0) is 43.4 Å². The molecule has 1 aromatic carbocycles. The molecule has 0 radical (unpaired) electrons. The van der Waals surface area contributed by atoms with E-state index in [0.29, 0.717) is 11.8 Å². The highest BCUT2D eigenvalue weighted by Gasteiger charge is 2.59. The van der Waals surface area contributed by atoms with Crippen molar-refractivity contribution in [2.45, 2.75) is 31.8 Å². The molecule has 122 valence electrons. The average Bonchev–Trinajstić information content (AvgIpc) is 3.14. The molecule has 23 heavy (non-hydrogen) atoms. The van der Waals surface area contributed by atoms with Gasteiger partial charge < -0.3 is 4.90 Å². The van der Waals surface area contributed by atoms with Crippen LogP contribution in [0.3, 0.4) is 0 Å². The summed E-state index contributed by atoms with van der Waals surface area (Å²) in [6.45, 7) is 4.65. The Morgan fingerprint density at radius 3 is 2.70 bits per heavy atom. The lowest BCUT2D eigenvalue weighted by Crippen LogP contribution is -2.45. The predicted octanol–water partition coefficient (Wildman–Crippen LogP) is 2.30. The molecule has 4 rings (SSSR count). The maximum atomic E-state index is 13.0. The van der Waals surface area contributed by atoms with Crippen LogP contribution in [0.15, 0.2) is 29.3 Å². The minimum absolute atomic E-state index is 0.172. The number of hydrogen-bond donors (Lipinski definition) is 0. The third kappa shape index (κ3) is 2.21. The standard InChI is InChI=1S/C18H22FN3O/c1-12-20-18(17(23)21(12)2)8-7-14-10-22(11-16(14)18)9-13-3-5-15(19)6-4-13/h3-6,14,16H,7-11H2,1-2H3/t14-,16+,18-/m0/s1. The van der Waals surface area contributed by atoms with E-state index >= 15 is 0 Å². The van der Waals surface area contributed by atoms with Gasteiger partial charge in [0.15, 0.2) is 0 Å². The van der Waals surface area contributed by atoms with Crippen LogP contribution in [-0.2, 0) is 11.3 Å². The van der Waals surface area contributed by atoms with Gasteiger partial charge in [0.1, 0.15) is 17.2 Å². The predicted molar refractivity (Wildman–Crippen MR) is 86.5 cm³/mol. The first-order valence-electron chi connectivity index (χ1n) is 8.31. The summed E-state index contributed by atoms with van der Waals surface area (Å²) in [5.74, 6) is 1.67. The van der Waals surface area contributed by atoms with Gasteiger partial charge in [-0.25, -0.2) is 4.39 Å². The van der Waals surface area contributed by atoms with Crippen LogP contribution in [-0.4, -0.2) is 47.2 Å². The van der Waals surface area contributed by atoms with Gasteiger partial charge in [0, 0.05) is 32.6 Å². The quantitative estimate of drug-likeness (QED) is 0.839. The summed E-state index contributed by atoms with van der Waals surface area (Å²) >= 11 is 0. The van der Waals surface area contributed by atoms with E-state index in [0.717, 1.165) is 43.9 Å². The number of halogens is 1. The average molecular weight is 315 g/mol. The monoisotopic (exact) mass is 315 g/mol. The third-order valence-electron chi connectivity index (χ3n) is 5.87. The van der Waals surface area contributed by atoms with Gasteiger partial charge in [-0.1, -0.05) is 12.1 Å². The number of amides is 1. The van der Waals surface area contributed by atoms with Crippen molar-refractivity contribution in [2.24, 2.45) is 16.8 Å². The summed E-state index contributed by atoms with van der Waals surface area (Å²) in [5, 5.41) is 0. The molecule has 3 atom stereocenters.